The van der Waals surface area contributed by atoms with Gasteiger partial charge in [0.05, 0.1) is 0 Å². The number of amides is 2. The summed E-state index contributed by atoms with van der Waals surface area (Å²) in [6.45, 7) is 11.4. The van der Waals surface area contributed by atoms with Gasteiger partial charge in [-0.3, -0.25) is 9.45 Å². The number of nitrogens with one attached hydrogen (secondary N) is 1. The van der Waals surface area contributed by atoms with Gasteiger partial charge in [0.15, 0.2) is 14.0 Å². The van der Waals surface area contributed by atoms with Crippen molar-refractivity contribution in [2.24, 2.45) is 0 Å². The molecule has 0 saturated carbocycles. The first-order valence-corrected chi connectivity index (χ1v) is 12.3. The van der Waals surface area contributed by atoms with E-state index in [1.165, 1.54) is 12.2 Å². The third-order valence-corrected chi connectivity index (χ3v) is 10.3. The van der Waals surface area contributed by atoms with Crippen molar-refractivity contribution in [1.82, 2.24) is 10.2 Å². The van der Waals surface area contributed by atoms with Crippen molar-refractivity contribution in [1.29, 1.82) is 0 Å². The molecule has 1 saturated heterocycles. The molecule has 1 heterocycles. The zero-order valence-electron chi connectivity index (χ0n) is 14.7. The molecule has 0 atom stereocenters. The Bertz CT molecular complexity index is 664. The van der Waals surface area contributed by atoms with E-state index >= 15 is 0 Å². The van der Waals surface area contributed by atoms with E-state index in [1.54, 1.807) is 17.1 Å². The molecular weight excluding hydrogens is 348 g/mol. The zero-order valence-corrected chi connectivity index (χ0v) is 16.6. The fourth-order valence-electron chi connectivity index (χ4n) is 2.45. The quantitative estimate of drug-likeness (QED) is 0.446. The van der Waals surface area contributed by atoms with Gasteiger partial charge >= 0.3 is 6.03 Å². The van der Waals surface area contributed by atoms with Gasteiger partial charge in [0, 0.05) is 13.1 Å². The van der Waals surface area contributed by atoms with Gasteiger partial charge in [0.25, 0.3) is 10.1 Å². The lowest BCUT2D eigenvalue weighted by Gasteiger charge is -2.47. The highest BCUT2D eigenvalue weighted by Crippen LogP contribution is 2.42. The van der Waals surface area contributed by atoms with Crippen LogP contribution in [0.1, 0.15) is 20.8 Å². The van der Waals surface area contributed by atoms with Crippen LogP contribution in [0.3, 0.4) is 0 Å². The summed E-state index contributed by atoms with van der Waals surface area (Å²) in [5.41, 5.74) is -1.13. The van der Waals surface area contributed by atoms with Gasteiger partial charge in [0.2, 0.25) is 0 Å². The highest BCUT2D eigenvalue weighted by Gasteiger charge is 2.49. The second kappa shape index (κ2) is 5.97. The van der Waals surface area contributed by atoms with Crippen LogP contribution in [0.25, 0.3) is 0 Å². The molecule has 2 aliphatic rings. The second-order valence-corrected chi connectivity index (χ2v) is 14.0. The molecular formula is C15H26N2O5SSi. The van der Waals surface area contributed by atoms with Crippen molar-refractivity contribution in [2.75, 3.05) is 13.1 Å². The number of rotatable bonds is 4. The maximum absolute atomic E-state index is 12.2. The standard InChI is InChI=1S/C15H26N2O5SSi/c1-14(2,3)24(4,5)22-15(17-11-10-16-13(17)18)8-6-12(7-9-15)23(19,20)21/h6-9,12H,10-11H2,1-5H3,(H,16,18)(H,19,20,21). The Morgan fingerprint density at radius 2 is 1.88 bits per heavy atom. The summed E-state index contributed by atoms with van der Waals surface area (Å²) in [5.74, 6) is 0. The third kappa shape index (κ3) is 3.58. The van der Waals surface area contributed by atoms with Gasteiger partial charge in [-0.1, -0.05) is 32.9 Å². The minimum absolute atomic E-state index is 0.0855. The number of carbonyl (C=O) groups excluding carboxylic acids is 1. The molecule has 9 heteroatoms. The molecule has 2 N–H and O–H groups in total. The first kappa shape index (κ1) is 19.2. The molecule has 2 rings (SSSR count). The average Bonchev–Trinajstić information content (AvgIpc) is 2.83. The summed E-state index contributed by atoms with van der Waals surface area (Å²) in [4.78, 5) is 13.8. The lowest BCUT2D eigenvalue weighted by Crippen LogP contribution is -2.58. The predicted octanol–water partition coefficient (Wildman–Crippen LogP) is 2.11. The van der Waals surface area contributed by atoms with Gasteiger partial charge in [-0.15, -0.1) is 0 Å². The molecule has 24 heavy (non-hydrogen) atoms. The van der Waals surface area contributed by atoms with Crippen molar-refractivity contribution >= 4 is 24.5 Å². The molecule has 0 bridgehead atoms. The number of hydrogen-bond acceptors (Lipinski definition) is 4. The van der Waals surface area contributed by atoms with Crippen LogP contribution in [0, 0.1) is 0 Å². The van der Waals surface area contributed by atoms with Crippen molar-refractivity contribution in [3.05, 3.63) is 24.3 Å². The number of urea groups is 1. The molecule has 1 aliphatic heterocycles. The molecule has 1 aliphatic carbocycles. The fourth-order valence-corrected chi connectivity index (χ4v) is 4.38. The normalized spacial score (nSPS) is 28.3. The van der Waals surface area contributed by atoms with Crippen molar-refractivity contribution in [3.8, 4) is 0 Å². The second-order valence-electron chi connectivity index (χ2n) is 7.70. The Labute approximate surface area is 144 Å². The van der Waals surface area contributed by atoms with Crippen LogP contribution in [0.2, 0.25) is 18.1 Å². The lowest BCUT2D eigenvalue weighted by molar-refractivity contribution is 0.0229. The summed E-state index contributed by atoms with van der Waals surface area (Å²) >= 11 is 0. The van der Waals surface area contributed by atoms with E-state index in [1.807, 2.05) is 0 Å². The Balaban J connectivity index is 2.43. The predicted molar refractivity (Wildman–Crippen MR) is 94.7 cm³/mol. The number of nitrogens with zero attached hydrogens (tertiary/aromatic N) is 1. The minimum Gasteiger partial charge on any atom is -0.388 e. The topological polar surface area (TPSA) is 95.9 Å². The fraction of sp³-hybridized carbons (Fsp3) is 0.667. The molecule has 2 amide bonds. The van der Waals surface area contributed by atoms with Crippen LogP contribution in [0.15, 0.2) is 24.3 Å². The first-order chi connectivity index (χ1) is 10.8. The summed E-state index contributed by atoms with van der Waals surface area (Å²) < 4.78 is 38.4. The van der Waals surface area contributed by atoms with Crippen molar-refractivity contribution in [3.63, 3.8) is 0 Å². The smallest absolute Gasteiger partial charge is 0.320 e. The summed E-state index contributed by atoms with van der Waals surface area (Å²) in [6.07, 6.45) is 5.87. The van der Waals surface area contributed by atoms with Crippen LogP contribution in [-0.2, 0) is 14.5 Å². The van der Waals surface area contributed by atoms with E-state index < -0.39 is 29.4 Å². The molecule has 1 fully saturated rings. The summed E-state index contributed by atoms with van der Waals surface area (Å²) in [5, 5.41) is 1.53. The molecule has 7 nitrogen and oxygen atoms in total. The van der Waals surface area contributed by atoms with E-state index in [0.717, 1.165) is 0 Å². The van der Waals surface area contributed by atoms with E-state index in [-0.39, 0.29) is 11.1 Å². The van der Waals surface area contributed by atoms with Crippen LogP contribution >= 0.6 is 0 Å². The summed E-state index contributed by atoms with van der Waals surface area (Å²) in [6, 6.07) is -0.256. The maximum Gasteiger partial charge on any atom is 0.320 e. The molecule has 0 radical (unpaired) electrons. The molecule has 0 spiro atoms. The Kier molecular flexibility index (Phi) is 4.77. The van der Waals surface area contributed by atoms with Crippen molar-refractivity contribution < 1.29 is 22.2 Å². The minimum atomic E-state index is -4.22. The molecule has 136 valence electrons. The summed E-state index contributed by atoms with van der Waals surface area (Å²) in [7, 11) is -6.49. The third-order valence-electron chi connectivity index (χ3n) is 4.90. The average molecular weight is 375 g/mol. The van der Waals surface area contributed by atoms with E-state index in [2.05, 4.69) is 39.2 Å². The molecule has 0 aromatic carbocycles. The van der Waals surface area contributed by atoms with Gasteiger partial charge in [-0.2, -0.15) is 8.42 Å². The first-order valence-electron chi connectivity index (χ1n) is 7.89. The van der Waals surface area contributed by atoms with Gasteiger partial charge in [-0.25, -0.2) is 4.79 Å². The van der Waals surface area contributed by atoms with Crippen LogP contribution in [-0.4, -0.2) is 56.3 Å². The van der Waals surface area contributed by atoms with Crippen molar-refractivity contribution in [2.45, 2.75) is 49.9 Å². The van der Waals surface area contributed by atoms with E-state index in [9.17, 15) is 17.8 Å². The monoisotopic (exact) mass is 374 g/mol. The van der Waals surface area contributed by atoms with Gasteiger partial charge in [-0.05, 0) is 30.3 Å². The van der Waals surface area contributed by atoms with Crippen LogP contribution in [0.5, 0.6) is 0 Å². The van der Waals surface area contributed by atoms with Gasteiger partial charge < -0.3 is 9.74 Å². The molecule has 0 aromatic rings. The maximum atomic E-state index is 12.2. The van der Waals surface area contributed by atoms with E-state index in [4.69, 9.17) is 4.43 Å². The van der Waals surface area contributed by atoms with E-state index in [0.29, 0.717) is 13.1 Å². The highest BCUT2D eigenvalue weighted by atomic mass is 32.2. The lowest BCUT2D eigenvalue weighted by atomic mass is 10.1. The molecule has 0 aromatic heterocycles. The zero-order chi connectivity index (χ0) is 18.4. The SMILES string of the molecule is CC(C)(C)[Si](C)(C)OC1(N2CCNC2=O)C=CC(S(=O)(=O)O)C=C1. The largest absolute Gasteiger partial charge is 0.388 e. The Morgan fingerprint density at radius 3 is 2.25 bits per heavy atom. The highest BCUT2D eigenvalue weighted by molar-refractivity contribution is 7.86. The number of hydrogen-bond donors (Lipinski definition) is 2. The number of carbonyl (C=O) groups is 1. The molecule has 0 unspecified atom stereocenters. The Hall–Kier alpha value is -1.16. The van der Waals surface area contributed by atoms with Crippen LogP contribution in [0.4, 0.5) is 4.79 Å². The van der Waals surface area contributed by atoms with Gasteiger partial charge in [0.1, 0.15) is 5.25 Å². The Morgan fingerprint density at radius 1 is 1.33 bits per heavy atom. The van der Waals surface area contributed by atoms with Crippen LogP contribution < -0.4 is 5.32 Å².